The molecule has 10 heavy (non-hydrogen) atoms. The molecule has 0 radical (unpaired) electrons. The molecule has 1 aliphatic heterocycles. The van der Waals surface area contributed by atoms with Gasteiger partial charge in [-0.2, -0.15) is 0 Å². The van der Waals surface area contributed by atoms with Crippen molar-refractivity contribution < 1.29 is 14.2 Å². The van der Waals surface area contributed by atoms with Crippen LogP contribution in [0.3, 0.4) is 0 Å². The van der Waals surface area contributed by atoms with Gasteiger partial charge in [0.2, 0.25) is 0 Å². The second-order valence-corrected chi connectivity index (χ2v) is 2.26. The van der Waals surface area contributed by atoms with Gasteiger partial charge in [-0.3, -0.25) is 0 Å². The van der Waals surface area contributed by atoms with E-state index in [-0.39, 0.29) is 12.4 Å². The zero-order valence-electron chi connectivity index (χ0n) is 6.50. The van der Waals surface area contributed by atoms with E-state index in [1.807, 2.05) is 6.92 Å². The van der Waals surface area contributed by atoms with Crippen LogP contribution in [0, 0.1) is 0 Å². The third-order valence-corrected chi connectivity index (χ3v) is 1.62. The van der Waals surface area contributed by atoms with Crippen molar-refractivity contribution in [1.29, 1.82) is 0 Å². The van der Waals surface area contributed by atoms with E-state index in [1.165, 1.54) is 0 Å². The maximum Gasteiger partial charge on any atom is 0.183 e. The van der Waals surface area contributed by atoms with Gasteiger partial charge in [0.15, 0.2) is 6.29 Å². The molecule has 3 heteroatoms. The zero-order valence-corrected chi connectivity index (χ0v) is 6.50. The first-order valence-corrected chi connectivity index (χ1v) is 3.64. The van der Waals surface area contributed by atoms with Gasteiger partial charge >= 0.3 is 0 Å². The Hall–Kier alpha value is -0.120. The lowest BCUT2D eigenvalue weighted by molar-refractivity contribution is -0.154. The molecule has 0 aromatic heterocycles. The molecule has 1 saturated heterocycles. The van der Waals surface area contributed by atoms with Crippen LogP contribution in [-0.4, -0.2) is 32.7 Å². The summed E-state index contributed by atoms with van der Waals surface area (Å²) < 4.78 is 15.6. The van der Waals surface area contributed by atoms with Crippen molar-refractivity contribution in [3.63, 3.8) is 0 Å². The molecule has 2 atom stereocenters. The molecule has 3 nitrogen and oxygen atoms in total. The first-order valence-electron chi connectivity index (χ1n) is 3.64. The maximum atomic E-state index is 5.26. The lowest BCUT2D eigenvalue weighted by Gasteiger charge is -2.15. The fraction of sp³-hybridized carbons (Fsp3) is 1.00. The number of hydrogen-bond acceptors (Lipinski definition) is 3. The second-order valence-electron chi connectivity index (χ2n) is 2.26. The van der Waals surface area contributed by atoms with Crippen LogP contribution in [0.2, 0.25) is 0 Å². The average Bonchev–Trinajstić information content (AvgIpc) is 2.36. The van der Waals surface area contributed by atoms with Crippen LogP contribution >= 0.6 is 0 Å². The Labute approximate surface area is 61.3 Å². The van der Waals surface area contributed by atoms with E-state index in [0.717, 1.165) is 13.0 Å². The summed E-state index contributed by atoms with van der Waals surface area (Å²) in [6, 6.07) is 0. The molecule has 1 fully saturated rings. The summed E-state index contributed by atoms with van der Waals surface area (Å²) in [6.45, 7) is 3.39. The minimum atomic E-state index is -0.130. The van der Waals surface area contributed by atoms with Gasteiger partial charge in [-0.1, -0.05) is 0 Å². The number of hydrogen-bond donors (Lipinski definition) is 0. The Balaban J connectivity index is 2.27. The van der Waals surface area contributed by atoms with E-state index >= 15 is 0 Å². The quantitative estimate of drug-likeness (QED) is 0.589. The molecule has 0 amide bonds. The predicted molar refractivity (Wildman–Crippen MR) is 36.8 cm³/mol. The zero-order chi connectivity index (χ0) is 7.40. The standard InChI is InChI=1S/C7H14O3/c1-3-9-7-6(8-2)4-5-10-7/h6-7H,3-5H2,1-2H3/t6-,7+/m0/s1. The summed E-state index contributed by atoms with van der Waals surface area (Å²) >= 11 is 0. The van der Waals surface area contributed by atoms with Crippen molar-refractivity contribution in [2.45, 2.75) is 25.7 Å². The largest absolute Gasteiger partial charge is 0.376 e. The van der Waals surface area contributed by atoms with E-state index < -0.39 is 0 Å². The molecule has 0 aliphatic carbocycles. The third-order valence-electron chi connectivity index (χ3n) is 1.62. The van der Waals surface area contributed by atoms with Gasteiger partial charge in [0.1, 0.15) is 6.10 Å². The smallest absolute Gasteiger partial charge is 0.183 e. The number of ether oxygens (including phenoxy) is 3. The summed E-state index contributed by atoms with van der Waals surface area (Å²) in [5.74, 6) is 0. The van der Waals surface area contributed by atoms with E-state index in [2.05, 4.69) is 0 Å². The summed E-state index contributed by atoms with van der Waals surface area (Å²) in [5.41, 5.74) is 0. The highest BCUT2D eigenvalue weighted by molar-refractivity contribution is 4.68. The molecule has 0 aromatic carbocycles. The molecule has 1 aliphatic rings. The van der Waals surface area contributed by atoms with Crippen LogP contribution < -0.4 is 0 Å². The highest BCUT2D eigenvalue weighted by Crippen LogP contribution is 2.16. The molecule has 0 spiro atoms. The highest BCUT2D eigenvalue weighted by atomic mass is 16.7. The maximum absolute atomic E-state index is 5.26. The van der Waals surface area contributed by atoms with Crippen LogP contribution in [0.5, 0.6) is 0 Å². The minimum absolute atomic E-state index is 0.130. The summed E-state index contributed by atoms with van der Waals surface area (Å²) in [5, 5.41) is 0. The van der Waals surface area contributed by atoms with E-state index in [9.17, 15) is 0 Å². The van der Waals surface area contributed by atoms with E-state index in [1.54, 1.807) is 7.11 Å². The minimum Gasteiger partial charge on any atom is -0.376 e. The van der Waals surface area contributed by atoms with Gasteiger partial charge in [0.25, 0.3) is 0 Å². The second kappa shape index (κ2) is 3.91. The molecule has 0 saturated carbocycles. The molecule has 1 heterocycles. The molecule has 0 N–H and O–H groups in total. The Bertz CT molecular complexity index is 94.9. The van der Waals surface area contributed by atoms with Crippen molar-refractivity contribution in [3.8, 4) is 0 Å². The van der Waals surface area contributed by atoms with Crippen molar-refractivity contribution in [3.05, 3.63) is 0 Å². The van der Waals surface area contributed by atoms with E-state index in [0.29, 0.717) is 6.61 Å². The molecular formula is C7H14O3. The van der Waals surface area contributed by atoms with Crippen molar-refractivity contribution >= 4 is 0 Å². The van der Waals surface area contributed by atoms with E-state index in [4.69, 9.17) is 14.2 Å². The van der Waals surface area contributed by atoms with Gasteiger partial charge in [0, 0.05) is 20.1 Å². The molecule has 0 unspecified atom stereocenters. The monoisotopic (exact) mass is 146 g/mol. The summed E-state index contributed by atoms with van der Waals surface area (Å²) in [6.07, 6.45) is 0.955. The fourth-order valence-corrected chi connectivity index (χ4v) is 1.09. The topological polar surface area (TPSA) is 27.7 Å². The Morgan fingerprint density at radius 2 is 2.40 bits per heavy atom. The Morgan fingerprint density at radius 3 is 3.00 bits per heavy atom. The van der Waals surface area contributed by atoms with Crippen LogP contribution in [0.25, 0.3) is 0 Å². The SMILES string of the molecule is CCO[C@@H]1OCC[C@@H]1OC. The van der Waals surface area contributed by atoms with Gasteiger partial charge < -0.3 is 14.2 Å². The van der Waals surface area contributed by atoms with Crippen molar-refractivity contribution in [2.24, 2.45) is 0 Å². The van der Waals surface area contributed by atoms with Gasteiger partial charge in [-0.05, 0) is 6.92 Å². The predicted octanol–water partition coefficient (Wildman–Crippen LogP) is 0.784. The summed E-state index contributed by atoms with van der Waals surface area (Å²) in [7, 11) is 1.69. The Kier molecular flexibility index (Phi) is 3.12. The van der Waals surface area contributed by atoms with Gasteiger partial charge in [-0.15, -0.1) is 0 Å². The van der Waals surface area contributed by atoms with Crippen LogP contribution in [0.4, 0.5) is 0 Å². The number of methoxy groups -OCH3 is 1. The highest BCUT2D eigenvalue weighted by Gasteiger charge is 2.27. The molecule has 0 bridgehead atoms. The average molecular weight is 146 g/mol. The lowest BCUT2D eigenvalue weighted by atomic mass is 10.3. The van der Waals surface area contributed by atoms with Gasteiger partial charge in [-0.25, -0.2) is 0 Å². The van der Waals surface area contributed by atoms with Crippen molar-refractivity contribution in [2.75, 3.05) is 20.3 Å². The fourth-order valence-electron chi connectivity index (χ4n) is 1.09. The van der Waals surface area contributed by atoms with Crippen LogP contribution in [0.15, 0.2) is 0 Å². The Morgan fingerprint density at radius 1 is 1.60 bits per heavy atom. The normalized spacial score (nSPS) is 33.0. The van der Waals surface area contributed by atoms with Crippen LogP contribution in [-0.2, 0) is 14.2 Å². The molecule has 60 valence electrons. The summed E-state index contributed by atoms with van der Waals surface area (Å²) in [4.78, 5) is 0. The third kappa shape index (κ3) is 1.68. The number of rotatable bonds is 3. The first kappa shape index (κ1) is 7.98. The molecule has 0 aromatic rings. The van der Waals surface area contributed by atoms with Crippen molar-refractivity contribution in [1.82, 2.24) is 0 Å². The first-order chi connectivity index (χ1) is 4.88. The molecular weight excluding hydrogens is 132 g/mol. The van der Waals surface area contributed by atoms with Crippen LogP contribution in [0.1, 0.15) is 13.3 Å². The van der Waals surface area contributed by atoms with Gasteiger partial charge in [0.05, 0.1) is 6.61 Å². The molecule has 1 rings (SSSR count). The lowest BCUT2D eigenvalue weighted by Crippen LogP contribution is -2.25.